The standard InChI is InChI=1S/C12H14ClN3O2S/c1-9-14-8-12(16-9)19(17,18)15-7-11(13)10-5-3-2-4-6-10/h2-6,8,11,15H,7H2,1H3,(H,14,16). The van der Waals surface area contributed by atoms with Gasteiger partial charge in [-0.15, -0.1) is 11.6 Å². The average Bonchev–Trinajstić information content (AvgIpc) is 2.85. The highest BCUT2D eigenvalue weighted by Crippen LogP contribution is 2.19. The topological polar surface area (TPSA) is 74.8 Å². The van der Waals surface area contributed by atoms with E-state index in [9.17, 15) is 8.42 Å². The fraction of sp³-hybridized carbons (Fsp3) is 0.250. The van der Waals surface area contributed by atoms with E-state index in [1.165, 1.54) is 6.20 Å². The molecule has 0 bridgehead atoms. The first-order valence-corrected chi connectivity index (χ1v) is 7.61. The van der Waals surface area contributed by atoms with Crippen LogP contribution in [0.1, 0.15) is 16.8 Å². The number of benzene rings is 1. The highest BCUT2D eigenvalue weighted by atomic mass is 35.5. The first-order chi connectivity index (χ1) is 8.99. The van der Waals surface area contributed by atoms with Gasteiger partial charge in [0, 0.05) is 6.54 Å². The molecule has 1 aromatic carbocycles. The summed E-state index contributed by atoms with van der Waals surface area (Å²) in [5.74, 6) is 0.547. The number of halogens is 1. The van der Waals surface area contributed by atoms with E-state index in [1.54, 1.807) is 6.92 Å². The second-order valence-electron chi connectivity index (χ2n) is 4.06. The van der Waals surface area contributed by atoms with E-state index in [1.807, 2.05) is 30.3 Å². The zero-order valence-electron chi connectivity index (χ0n) is 10.3. The summed E-state index contributed by atoms with van der Waals surface area (Å²) in [4.78, 5) is 6.54. The van der Waals surface area contributed by atoms with Gasteiger partial charge in [0.1, 0.15) is 5.82 Å². The molecule has 2 N–H and O–H groups in total. The molecule has 5 nitrogen and oxygen atoms in total. The number of aromatic amines is 1. The fourth-order valence-corrected chi connectivity index (χ4v) is 2.90. The maximum absolute atomic E-state index is 11.9. The minimum atomic E-state index is -3.60. The van der Waals surface area contributed by atoms with Gasteiger partial charge in [0.2, 0.25) is 0 Å². The lowest BCUT2D eigenvalue weighted by Gasteiger charge is -2.10. The smallest absolute Gasteiger partial charge is 0.257 e. The Hall–Kier alpha value is -1.37. The van der Waals surface area contributed by atoms with Crippen molar-refractivity contribution < 1.29 is 8.42 Å². The van der Waals surface area contributed by atoms with Crippen molar-refractivity contribution in [3.8, 4) is 0 Å². The average molecular weight is 300 g/mol. The molecule has 2 aromatic rings. The number of sulfonamides is 1. The summed E-state index contributed by atoms with van der Waals surface area (Å²) < 4.78 is 26.3. The second-order valence-corrected chi connectivity index (χ2v) is 6.33. The van der Waals surface area contributed by atoms with Crippen molar-refractivity contribution in [2.24, 2.45) is 0 Å². The maximum atomic E-state index is 11.9. The molecule has 0 saturated heterocycles. The molecule has 0 aliphatic carbocycles. The Morgan fingerprint density at radius 3 is 2.63 bits per heavy atom. The van der Waals surface area contributed by atoms with E-state index in [-0.39, 0.29) is 11.6 Å². The van der Waals surface area contributed by atoms with E-state index < -0.39 is 15.4 Å². The molecule has 1 atom stereocenters. The quantitative estimate of drug-likeness (QED) is 0.829. The minimum absolute atomic E-state index is 0.0435. The molecule has 1 unspecified atom stereocenters. The Morgan fingerprint density at radius 1 is 1.37 bits per heavy atom. The van der Waals surface area contributed by atoms with Crippen LogP contribution in [-0.4, -0.2) is 24.9 Å². The van der Waals surface area contributed by atoms with Crippen molar-refractivity contribution in [1.29, 1.82) is 0 Å². The van der Waals surface area contributed by atoms with Gasteiger partial charge in [0.25, 0.3) is 10.0 Å². The van der Waals surface area contributed by atoms with Gasteiger partial charge in [-0.05, 0) is 12.5 Å². The molecule has 102 valence electrons. The molecule has 1 heterocycles. The Morgan fingerprint density at radius 2 is 2.05 bits per heavy atom. The summed E-state index contributed by atoms with van der Waals surface area (Å²) in [5.41, 5.74) is 0.868. The van der Waals surface area contributed by atoms with Crippen LogP contribution >= 0.6 is 11.6 Å². The SMILES string of the molecule is Cc1ncc(S(=O)(=O)NCC(Cl)c2ccccc2)[nH]1. The third-order valence-corrected chi connectivity index (χ3v) is 4.32. The predicted octanol–water partition coefficient (Wildman–Crippen LogP) is 1.98. The molecule has 0 amide bonds. The molecule has 0 aliphatic heterocycles. The molecule has 0 fully saturated rings. The number of H-pyrrole nitrogens is 1. The normalized spacial score (nSPS) is 13.4. The Labute approximate surface area is 117 Å². The molecular weight excluding hydrogens is 286 g/mol. The first-order valence-electron chi connectivity index (χ1n) is 5.69. The summed E-state index contributed by atoms with van der Waals surface area (Å²) in [6, 6.07) is 9.30. The lowest BCUT2D eigenvalue weighted by molar-refractivity contribution is 0.577. The third kappa shape index (κ3) is 3.56. The Bertz CT molecular complexity index is 640. The van der Waals surface area contributed by atoms with Crippen molar-refractivity contribution in [1.82, 2.24) is 14.7 Å². The van der Waals surface area contributed by atoms with Crippen LogP contribution in [0.2, 0.25) is 0 Å². The second kappa shape index (κ2) is 5.73. The number of imidazole rings is 1. The van der Waals surface area contributed by atoms with Gasteiger partial charge in [0.05, 0.1) is 11.6 Å². The molecule has 7 heteroatoms. The molecular formula is C12H14ClN3O2S. The lowest BCUT2D eigenvalue weighted by Crippen LogP contribution is -2.27. The summed E-state index contributed by atoms with van der Waals surface area (Å²) in [7, 11) is -3.60. The van der Waals surface area contributed by atoms with E-state index in [2.05, 4.69) is 14.7 Å². The number of nitrogens with one attached hydrogen (secondary N) is 2. The van der Waals surface area contributed by atoms with Crippen molar-refractivity contribution in [2.75, 3.05) is 6.54 Å². The number of hydrogen-bond donors (Lipinski definition) is 2. The van der Waals surface area contributed by atoms with Gasteiger partial charge in [-0.1, -0.05) is 30.3 Å². The van der Waals surface area contributed by atoms with Gasteiger partial charge in [-0.2, -0.15) is 0 Å². The van der Waals surface area contributed by atoms with Crippen LogP contribution in [0.15, 0.2) is 41.6 Å². The van der Waals surface area contributed by atoms with Gasteiger partial charge < -0.3 is 4.98 Å². The molecule has 0 saturated carbocycles. The molecule has 1 aromatic heterocycles. The number of aromatic nitrogens is 2. The van der Waals surface area contributed by atoms with Crippen molar-refractivity contribution >= 4 is 21.6 Å². The zero-order chi connectivity index (χ0) is 13.9. The van der Waals surface area contributed by atoms with Crippen LogP contribution in [0.3, 0.4) is 0 Å². The monoisotopic (exact) mass is 299 g/mol. The molecule has 2 rings (SSSR count). The van der Waals surface area contributed by atoms with Crippen molar-refractivity contribution in [2.45, 2.75) is 17.3 Å². The lowest BCUT2D eigenvalue weighted by atomic mass is 10.1. The van der Waals surface area contributed by atoms with Crippen LogP contribution in [0.25, 0.3) is 0 Å². The highest BCUT2D eigenvalue weighted by molar-refractivity contribution is 7.89. The minimum Gasteiger partial charge on any atom is -0.332 e. The number of aryl methyl sites for hydroxylation is 1. The van der Waals surface area contributed by atoms with Crippen molar-refractivity contribution in [3.63, 3.8) is 0 Å². The van der Waals surface area contributed by atoms with Gasteiger partial charge >= 0.3 is 0 Å². The number of alkyl halides is 1. The number of hydrogen-bond acceptors (Lipinski definition) is 3. The van der Waals surface area contributed by atoms with E-state index in [4.69, 9.17) is 11.6 Å². The fourth-order valence-electron chi connectivity index (χ4n) is 1.58. The molecule has 0 aliphatic rings. The predicted molar refractivity (Wildman–Crippen MR) is 73.5 cm³/mol. The van der Waals surface area contributed by atoms with E-state index >= 15 is 0 Å². The summed E-state index contributed by atoms with van der Waals surface area (Å²) in [6.07, 6.45) is 1.28. The Kier molecular flexibility index (Phi) is 4.24. The van der Waals surface area contributed by atoms with Crippen LogP contribution in [-0.2, 0) is 10.0 Å². The van der Waals surface area contributed by atoms with Crippen LogP contribution in [0, 0.1) is 6.92 Å². The van der Waals surface area contributed by atoms with E-state index in [0.717, 1.165) is 5.56 Å². The largest absolute Gasteiger partial charge is 0.332 e. The van der Waals surface area contributed by atoms with E-state index in [0.29, 0.717) is 5.82 Å². The number of nitrogens with zero attached hydrogens (tertiary/aromatic N) is 1. The van der Waals surface area contributed by atoms with Gasteiger partial charge in [0.15, 0.2) is 5.03 Å². The summed E-state index contributed by atoms with van der Waals surface area (Å²) in [5, 5.41) is -0.373. The molecule has 19 heavy (non-hydrogen) atoms. The summed E-state index contributed by atoms with van der Waals surface area (Å²) in [6.45, 7) is 1.80. The van der Waals surface area contributed by atoms with Crippen LogP contribution in [0.4, 0.5) is 0 Å². The Balaban J connectivity index is 2.03. The molecule has 0 radical (unpaired) electrons. The summed E-state index contributed by atoms with van der Waals surface area (Å²) >= 11 is 6.15. The third-order valence-electron chi connectivity index (χ3n) is 2.58. The zero-order valence-corrected chi connectivity index (χ0v) is 11.9. The molecule has 0 spiro atoms. The highest BCUT2D eigenvalue weighted by Gasteiger charge is 2.18. The maximum Gasteiger partial charge on any atom is 0.257 e. The van der Waals surface area contributed by atoms with Crippen LogP contribution in [0.5, 0.6) is 0 Å². The van der Waals surface area contributed by atoms with Crippen molar-refractivity contribution in [3.05, 3.63) is 47.9 Å². The van der Waals surface area contributed by atoms with Crippen LogP contribution < -0.4 is 4.72 Å². The van der Waals surface area contributed by atoms with Gasteiger partial charge in [-0.25, -0.2) is 18.1 Å². The first kappa shape index (κ1) is 14.0. The number of rotatable bonds is 5. The van der Waals surface area contributed by atoms with Gasteiger partial charge in [-0.3, -0.25) is 0 Å².